The van der Waals surface area contributed by atoms with Crippen LogP contribution in [0.1, 0.15) is 1.43 Å². The second kappa shape index (κ2) is 27.6. The van der Waals surface area contributed by atoms with Gasteiger partial charge in [-0.3, -0.25) is 0 Å². The molecule has 0 aliphatic heterocycles. The minimum absolute atomic E-state index is 0. The molecule has 0 aromatic rings. The maximum absolute atomic E-state index is 7.51. The Morgan fingerprint density at radius 2 is 1.75 bits per heavy atom. The Hall–Kier alpha value is 0.0700. The van der Waals surface area contributed by atoms with Gasteiger partial charge in [0.05, 0.1) is 6.07 Å². The minimum atomic E-state index is 0. The molecular weight excluding hydrogens is 131 g/mol. The Bertz CT molecular complexity index is 115. The number of rotatable bonds is 0. The zero-order chi connectivity index (χ0) is 6.12. The van der Waals surface area contributed by atoms with E-state index in [4.69, 9.17) is 10.5 Å². The van der Waals surface area contributed by atoms with Gasteiger partial charge in [-0.2, -0.15) is 10.5 Å². The van der Waals surface area contributed by atoms with Gasteiger partial charge in [0.1, 0.15) is 5.40 Å². The van der Waals surface area contributed by atoms with Crippen LogP contribution in [0, 0.1) is 22.0 Å². The van der Waals surface area contributed by atoms with Crippen molar-refractivity contribution in [3.05, 3.63) is 12.7 Å². The molecule has 8 heavy (non-hydrogen) atoms. The van der Waals surface area contributed by atoms with Crippen molar-refractivity contribution < 1.29 is 31.0 Å². The molecule has 0 radical (unpaired) electrons. The largest absolute Gasteiger partial charge is 1.00 e. The Morgan fingerprint density at radius 3 is 1.75 bits per heavy atom. The van der Waals surface area contributed by atoms with Gasteiger partial charge in [0, 0.05) is 6.08 Å². The fraction of sp³-hybridized carbons (Fsp3) is 0. The number of nitriles is 2. The van der Waals surface area contributed by atoms with Crippen molar-refractivity contribution >= 4 is 12.6 Å². The van der Waals surface area contributed by atoms with E-state index in [0.29, 0.717) is 0 Å². The molecule has 0 aliphatic carbocycles. The maximum Gasteiger partial charge on any atom is 1.00 e. The van der Waals surface area contributed by atoms with Crippen molar-refractivity contribution in [2.75, 3.05) is 0 Å². The zero-order valence-electron chi connectivity index (χ0n) is 5.63. The average Bonchev–Trinajstić information content (AvgIpc) is 1.69. The number of thiocyanates is 1. The van der Waals surface area contributed by atoms with Gasteiger partial charge in [-0.1, -0.05) is 19.2 Å². The van der Waals surface area contributed by atoms with E-state index in [2.05, 4.69) is 19.2 Å². The first-order chi connectivity index (χ1) is 3.33. The third kappa shape index (κ3) is 136. The first-order valence-electron chi connectivity index (χ1n) is 1.37. The van der Waals surface area contributed by atoms with Crippen LogP contribution in [0.4, 0.5) is 0 Å². The molecule has 0 aromatic carbocycles. The molecule has 0 heterocycles. The van der Waals surface area contributed by atoms with Crippen LogP contribution in [0.5, 0.6) is 0 Å². The summed E-state index contributed by atoms with van der Waals surface area (Å²) in [5.41, 5.74) is 0. The van der Waals surface area contributed by atoms with Crippen LogP contribution in [0.2, 0.25) is 0 Å². The summed E-state index contributed by atoms with van der Waals surface area (Å²) >= 11 is 3.09. The molecule has 0 rings (SSSR count). The fourth-order valence-corrected chi connectivity index (χ4v) is 0. The van der Waals surface area contributed by atoms with Crippen LogP contribution in [0.15, 0.2) is 12.7 Å². The van der Waals surface area contributed by atoms with E-state index in [1.165, 1.54) is 11.5 Å². The van der Waals surface area contributed by atoms with Crippen LogP contribution in [0.25, 0.3) is 0 Å². The molecule has 0 amide bonds. The molecule has 0 fully saturated rings. The Kier molecular flexibility index (Phi) is 54.2. The average molecular weight is 136 g/mol. The van der Waals surface area contributed by atoms with Gasteiger partial charge in [0.15, 0.2) is 0 Å². The summed E-state index contributed by atoms with van der Waals surface area (Å²) in [6.07, 6.45) is 1.18. The van der Waals surface area contributed by atoms with E-state index in [1.54, 1.807) is 6.07 Å². The Labute approximate surface area is 78.0 Å². The number of thiol groups is 1. The van der Waals surface area contributed by atoms with Gasteiger partial charge in [-0.25, -0.2) is 0 Å². The molecular formula is C4H5N2NaS. The first kappa shape index (κ1) is 15.7. The number of hydrogen-bond acceptors (Lipinski definition) is 3. The molecule has 0 atom stereocenters. The molecule has 38 valence electrons. The molecule has 0 aliphatic rings. The quantitative estimate of drug-likeness (QED) is 0.185. The smallest absolute Gasteiger partial charge is 1.00 e. The summed E-state index contributed by atoms with van der Waals surface area (Å²) < 4.78 is 0. The number of hydrogen-bond donors (Lipinski definition) is 1. The summed E-state index contributed by atoms with van der Waals surface area (Å²) in [6.45, 7) is 3.12. The van der Waals surface area contributed by atoms with Crippen LogP contribution in [-0.4, -0.2) is 0 Å². The SMILES string of the molecule is C=CC#N.N#CS.[H-].[Na+]. The van der Waals surface area contributed by atoms with Crippen molar-refractivity contribution in [2.45, 2.75) is 0 Å². The minimum Gasteiger partial charge on any atom is -1.00 e. The monoisotopic (exact) mass is 136 g/mol. The molecule has 0 spiro atoms. The summed E-state index contributed by atoms with van der Waals surface area (Å²) in [7, 11) is 0. The molecule has 0 bridgehead atoms. The molecule has 0 N–H and O–H groups in total. The van der Waals surface area contributed by atoms with E-state index >= 15 is 0 Å². The summed E-state index contributed by atoms with van der Waals surface area (Å²) in [5.74, 6) is 0. The van der Waals surface area contributed by atoms with Crippen LogP contribution >= 0.6 is 12.6 Å². The first-order valence-corrected chi connectivity index (χ1v) is 1.81. The van der Waals surface area contributed by atoms with Gasteiger partial charge >= 0.3 is 29.6 Å². The molecule has 2 nitrogen and oxygen atoms in total. The van der Waals surface area contributed by atoms with Gasteiger partial charge in [0.25, 0.3) is 0 Å². The van der Waals surface area contributed by atoms with Crippen molar-refractivity contribution in [1.82, 2.24) is 0 Å². The fourth-order valence-electron chi connectivity index (χ4n) is 0. The van der Waals surface area contributed by atoms with E-state index < -0.39 is 0 Å². The standard InChI is InChI=1S/C3H3N.CHNS.Na.H/c1-2-3-4;2-1-3;;/h2H,1H2;3H;;/q;;+1;-1. The maximum atomic E-state index is 7.51. The van der Waals surface area contributed by atoms with Crippen LogP contribution in [0.3, 0.4) is 0 Å². The van der Waals surface area contributed by atoms with Crippen molar-refractivity contribution in [3.63, 3.8) is 0 Å². The molecule has 0 aromatic heterocycles. The predicted molar refractivity (Wildman–Crippen MR) is 31.5 cm³/mol. The van der Waals surface area contributed by atoms with E-state index in [-0.39, 0.29) is 31.0 Å². The third-order valence-electron chi connectivity index (χ3n) is 0.0913. The second-order valence-corrected chi connectivity index (χ2v) is 0.633. The summed E-state index contributed by atoms with van der Waals surface area (Å²) in [4.78, 5) is 0. The molecule has 0 unspecified atom stereocenters. The van der Waals surface area contributed by atoms with Gasteiger partial charge < -0.3 is 1.43 Å². The van der Waals surface area contributed by atoms with Gasteiger partial charge in [-0.05, 0) is 0 Å². The topological polar surface area (TPSA) is 47.6 Å². The Morgan fingerprint density at radius 1 is 1.62 bits per heavy atom. The second-order valence-electron chi connectivity index (χ2n) is 0.433. The van der Waals surface area contributed by atoms with E-state index in [1.807, 2.05) is 0 Å². The number of allylic oxidation sites excluding steroid dienone is 1. The van der Waals surface area contributed by atoms with Gasteiger partial charge in [0.2, 0.25) is 0 Å². The predicted octanol–water partition coefficient (Wildman–Crippen LogP) is -1.79. The normalized spacial score (nSPS) is 2.88. The summed E-state index contributed by atoms with van der Waals surface area (Å²) in [6, 6.07) is 1.69. The molecule has 4 heteroatoms. The van der Waals surface area contributed by atoms with E-state index in [9.17, 15) is 0 Å². The molecule has 0 saturated carbocycles. The number of nitrogens with zero attached hydrogens (tertiary/aromatic N) is 2. The van der Waals surface area contributed by atoms with Crippen LogP contribution in [-0.2, 0) is 0 Å². The van der Waals surface area contributed by atoms with Crippen LogP contribution < -0.4 is 29.6 Å². The van der Waals surface area contributed by atoms with Crippen molar-refractivity contribution in [1.29, 1.82) is 10.5 Å². The molecule has 0 saturated heterocycles. The van der Waals surface area contributed by atoms with Crippen molar-refractivity contribution in [2.24, 2.45) is 0 Å². The van der Waals surface area contributed by atoms with Crippen molar-refractivity contribution in [3.8, 4) is 11.5 Å². The zero-order valence-corrected chi connectivity index (χ0v) is 7.52. The third-order valence-corrected chi connectivity index (χ3v) is 0.0913. The Balaban J connectivity index is -0.0000000233. The van der Waals surface area contributed by atoms with E-state index in [0.717, 1.165) is 0 Å². The van der Waals surface area contributed by atoms with Gasteiger partial charge in [-0.15, -0.1) is 0 Å². The summed E-state index contributed by atoms with van der Waals surface area (Å²) in [5, 5.41) is 16.1.